The fourth-order valence-corrected chi connectivity index (χ4v) is 6.31. The fourth-order valence-electron chi connectivity index (χ4n) is 4.87. The van der Waals surface area contributed by atoms with Crippen LogP contribution in [-0.4, -0.2) is 12.4 Å². The van der Waals surface area contributed by atoms with Gasteiger partial charge in [-0.3, -0.25) is 0 Å². The first kappa shape index (κ1) is 15.9. The maximum Gasteiger partial charge on any atom is 0.267 e. The lowest BCUT2D eigenvalue weighted by Crippen LogP contribution is -2.27. The molecule has 1 heterocycles. The van der Waals surface area contributed by atoms with Crippen molar-refractivity contribution < 1.29 is 8.42 Å². The van der Waals surface area contributed by atoms with Gasteiger partial charge in [-0.25, -0.2) is 12.4 Å². The molecule has 2 aliphatic rings. The molecule has 0 saturated heterocycles. The maximum atomic E-state index is 13.4. The van der Waals surface area contributed by atoms with Crippen LogP contribution in [0.3, 0.4) is 0 Å². The third-order valence-electron chi connectivity index (χ3n) is 6.07. The van der Waals surface area contributed by atoms with Gasteiger partial charge in [0.05, 0.1) is 10.6 Å². The van der Waals surface area contributed by atoms with Crippen LogP contribution in [0.4, 0.5) is 0 Å². The normalized spacial score (nSPS) is 17.4. The summed E-state index contributed by atoms with van der Waals surface area (Å²) in [6.07, 6.45) is 6.07. The van der Waals surface area contributed by atoms with Crippen molar-refractivity contribution in [1.29, 1.82) is 0 Å². The van der Waals surface area contributed by atoms with Gasteiger partial charge in [0, 0.05) is 17.2 Å². The first-order chi connectivity index (χ1) is 12.5. The van der Waals surface area contributed by atoms with Gasteiger partial charge in [-0.1, -0.05) is 54.8 Å². The molecule has 0 bridgehead atoms. The molecule has 26 heavy (non-hydrogen) atoms. The summed E-state index contributed by atoms with van der Waals surface area (Å²) in [7, 11) is -3.60. The van der Waals surface area contributed by atoms with E-state index >= 15 is 0 Å². The van der Waals surface area contributed by atoms with E-state index in [2.05, 4.69) is 18.2 Å². The van der Waals surface area contributed by atoms with Gasteiger partial charge in [0.15, 0.2) is 0 Å². The molecule has 1 spiro atoms. The van der Waals surface area contributed by atoms with Crippen LogP contribution in [0, 0.1) is 6.92 Å². The molecule has 0 radical (unpaired) electrons. The highest BCUT2D eigenvalue weighted by Gasteiger charge is 2.48. The van der Waals surface area contributed by atoms with Crippen LogP contribution in [0.2, 0.25) is 0 Å². The van der Waals surface area contributed by atoms with Crippen molar-refractivity contribution in [2.75, 3.05) is 0 Å². The van der Waals surface area contributed by atoms with Crippen LogP contribution in [0.15, 0.2) is 65.7 Å². The minimum Gasteiger partial charge on any atom is -0.244 e. The molecule has 0 unspecified atom stereocenters. The lowest BCUT2D eigenvalue weighted by atomic mass is 9.79. The maximum absolute atomic E-state index is 13.4. The summed E-state index contributed by atoms with van der Waals surface area (Å²) < 4.78 is 28.4. The molecule has 1 saturated carbocycles. The Morgan fingerprint density at radius 3 is 2.31 bits per heavy atom. The highest BCUT2D eigenvalue weighted by atomic mass is 32.2. The smallest absolute Gasteiger partial charge is 0.244 e. The topological polar surface area (TPSA) is 39.1 Å². The second kappa shape index (κ2) is 5.34. The highest BCUT2D eigenvalue weighted by molar-refractivity contribution is 7.90. The van der Waals surface area contributed by atoms with Crippen LogP contribution >= 0.6 is 0 Å². The summed E-state index contributed by atoms with van der Waals surface area (Å²) in [6.45, 7) is 1.97. The number of aryl methyl sites for hydroxylation is 1. The monoisotopic (exact) mass is 363 g/mol. The van der Waals surface area contributed by atoms with Crippen molar-refractivity contribution in [3.05, 3.63) is 77.6 Å². The largest absolute Gasteiger partial charge is 0.267 e. The Hall–Kier alpha value is -2.33. The Balaban J connectivity index is 1.77. The second-order valence-electron chi connectivity index (χ2n) is 7.53. The van der Waals surface area contributed by atoms with Crippen LogP contribution in [0.25, 0.3) is 11.1 Å². The average molecular weight is 363 g/mol. The molecular formula is C22H21NO2S. The summed E-state index contributed by atoms with van der Waals surface area (Å²) in [5.41, 5.74) is 5.45. The van der Waals surface area contributed by atoms with E-state index in [9.17, 15) is 8.42 Å². The van der Waals surface area contributed by atoms with Crippen molar-refractivity contribution >= 4 is 10.0 Å². The molecule has 0 N–H and O–H groups in total. The van der Waals surface area contributed by atoms with E-state index in [1.807, 2.05) is 31.2 Å². The van der Waals surface area contributed by atoms with Crippen LogP contribution in [-0.2, 0) is 15.4 Å². The van der Waals surface area contributed by atoms with Crippen molar-refractivity contribution in [3.8, 4) is 11.1 Å². The summed E-state index contributed by atoms with van der Waals surface area (Å²) in [5, 5.41) is 0. The minimum absolute atomic E-state index is 0.160. The highest BCUT2D eigenvalue weighted by Crippen LogP contribution is 2.57. The molecule has 1 fully saturated rings. The number of nitrogens with zero attached hydrogens (tertiary/aromatic N) is 1. The zero-order valence-electron chi connectivity index (χ0n) is 14.8. The van der Waals surface area contributed by atoms with E-state index in [0.717, 1.165) is 42.5 Å². The summed E-state index contributed by atoms with van der Waals surface area (Å²) in [5.74, 6) is 0. The van der Waals surface area contributed by atoms with Gasteiger partial charge in [0.1, 0.15) is 0 Å². The quantitative estimate of drug-likeness (QED) is 0.651. The number of aromatic nitrogens is 1. The van der Waals surface area contributed by atoms with Gasteiger partial charge < -0.3 is 0 Å². The molecule has 5 rings (SSSR count). The van der Waals surface area contributed by atoms with E-state index < -0.39 is 10.0 Å². The van der Waals surface area contributed by atoms with Crippen LogP contribution in [0.5, 0.6) is 0 Å². The number of rotatable bonds is 2. The Labute approximate surface area is 154 Å². The van der Waals surface area contributed by atoms with Gasteiger partial charge in [-0.05, 0) is 49.1 Å². The number of fused-ring (bicyclic) bond motifs is 5. The number of hydrogen-bond acceptors (Lipinski definition) is 2. The molecule has 2 aliphatic carbocycles. The van der Waals surface area contributed by atoms with E-state index in [0.29, 0.717) is 4.90 Å². The third-order valence-corrected chi connectivity index (χ3v) is 7.76. The van der Waals surface area contributed by atoms with Crippen molar-refractivity contribution in [3.63, 3.8) is 0 Å². The van der Waals surface area contributed by atoms with Crippen molar-refractivity contribution in [1.82, 2.24) is 3.97 Å². The Morgan fingerprint density at radius 1 is 0.885 bits per heavy atom. The molecule has 0 atom stereocenters. The zero-order chi connectivity index (χ0) is 17.9. The fraction of sp³-hybridized carbons (Fsp3) is 0.273. The Bertz CT molecular complexity index is 1100. The lowest BCUT2D eigenvalue weighted by molar-refractivity contribution is 0.519. The Kier molecular flexibility index (Phi) is 3.26. The SMILES string of the molecule is Cc1ccc(S(=O)(=O)n2ccc3c2C2(CCCC2)c2ccccc2-3)cc1. The van der Waals surface area contributed by atoms with Crippen LogP contribution < -0.4 is 0 Å². The van der Waals surface area contributed by atoms with Crippen LogP contribution in [0.1, 0.15) is 42.5 Å². The van der Waals surface area contributed by atoms with E-state index in [1.54, 1.807) is 22.3 Å². The Morgan fingerprint density at radius 2 is 1.58 bits per heavy atom. The minimum atomic E-state index is -3.60. The van der Waals surface area contributed by atoms with Gasteiger partial charge in [0.25, 0.3) is 10.0 Å². The van der Waals surface area contributed by atoms with Gasteiger partial charge in [-0.2, -0.15) is 0 Å². The summed E-state index contributed by atoms with van der Waals surface area (Å²) in [6, 6.07) is 17.5. The molecular weight excluding hydrogens is 342 g/mol. The number of benzene rings is 2. The van der Waals surface area contributed by atoms with Crippen molar-refractivity contribution in [2.24, 2.45) is 0 Å². The molecule has 1 aromatic heterocycles. The number of hydrogen-bond donors (Lipinski definition) is 0. The summed E-state index contributed by atoms with van der Waals surface area (Å²) >= 11 is 0. The molecule has 0 aliphatic heterocycles. The molecule has 4 heteroatoms. The standard InChI is InChI=1S/C22H21NO2S/c1-16-8-10-17(11-9-16)26(24,25)23-15-12-19-18-6-2-3-7-20(18)22(21(19)23)13-4-5-14-22/h2-3,6-12,15H,4-5,13-14H2,1H3. The van der Waals surface area contributed by atoms with Crippen molar-refractivity contribution in [2.45, 2.75) is 42.9 Å². The van der Waals surface area contributed by atoms with Gasteiger partial charge in [-0.15, -0.1) is 0 Å². The van der Waals surface area contributed by atoms with Gasteiger partial charge in [0.2, 0.25) is 0 Å². The third kappa shape index (κ3) is 1.96. The van der Waals surface area contributed by atoms with Gasteiger partial charge >= 0.3 is 0 Å². The first-order valence-corrected chi connectivity index (χ1v) is 10.6. The first-order valence-electron chi connectivity index (χ1n) is 9.18. The second-order valence-corrected chi connectivity index (χ2v) is 9.34. The lowest BCUT2D eigenvalue weighted by Gasteiger charge is -2.28. The molecule has 2 aromatic carbocycles. The summed E-state index contributed by atoms with van der Waals surface area (Å²) in [4.78, 5) is 0.352. The zero-order valence-corrected chi connectivity index (χ0v) is 15.6. The van der Waals surface area contributed by atoms with E-state index in [1.165, 1.54) is 11.1 Å². The molecule has 3 aromatic rings. The molecule has 0 amide bonds. The van der Waals surface area contributed by atoms with E-state index in [-0.39, 0.29) is 5.41 Å². The average Bonchev–Trinajstić information content (AvgIpc) is 3.35. The molecule has 3 nitrogen and oxygen atoms in total. The molecule has 132 valence electrons. The predicted octanol–water partition coefficient (Wildman–Crippen LogP) is 4.87. The van der Waals surface area contributed by atoms with E-state index in [4.69, 9.17) is 0 Å². The predicted molar refractivity (Wildman–Crippen MR) is 103 cm³/mol.